The van der Waals surface area contributed by atoms with Crippen LogP contribution in [0, 0.1) is 5.92 Å². The molecule has 3 fully saturated rings. The lowest BCUT2D eigenvalue weighted by atomic mass is 9.85. The van der Waals surface area contributed by atoms with Crippen molar-refractivity contribution in [2.24, 2.45) is 5.92 Å². The van der Waals surface area contributed by atoms with Gasteiger partial charge in [0.15, 0.2) is 0 Å². The lowest BCUT2D eigenvalue weighted by Gasteiger charge is -2.41. The Labute approximate surface area is 133 Å². The Bertz CT molecular complexity index is 397. The predicted octanol–water partition coefficient (Wildman–Crippen LogP) is 2.59. The zero-order valence-electron chi connectivity index (χ0n) is 14.1. The summed E-state index contributed by atoms with van der Waals surface area (Å²) in [6.07, 6.45) is 7.17. The Morgan fingerprint density at radius 1 is 1.05 bits per heavy atom. The Balaban J connectivity index is 1.32. The molecular formula is C17H30N2O3. The van der Waals surface area contributed by atoms with Gasteiger partial charge in [0.05, 0.1) is 6.10 Å². The van der Waals surface area contributed by atoms with Crippen LogP contribution in [0.3, 0.4) is 0 Å². The average Bonchev–Trinajstić information content (AvgIpc) is 3.18. The molecular weight excluding hydrogens is 280 g/mol. The summed E-state index contributed by atoms with van der Waals surface area (Å²) in [5, 5.41) is 6.70. The molecule has 0 radical (unpaired) electrons. The van der Waals surface area contributed by atoms with E-state index in [0.717, 1.165) is 38.2 Å². The average molecular weight is 310 g/mol. The van der Waals surface area contributed by atoms with Crippen LogP contribution in [0.25, 0.3) is 0 Å². The highest BCUT2D eigenvalue weighted by molar-refractivity contribution is 5.68. The van der Waals surface area contributed by atoms with Crippen LogP contribution in [-0.4, -0.2) is 42.5 Å². The van der Waals surface area contributed by atoms with E-state index in [1.165, 1.54) is 12.8 Å². The number of alkyl carbamates (subject to hydrolysis) is 1. The summed E-state index contributed by atoms with van der Waals surface area (Å²) in [5.74, 6) is 0.826. The highest BCUT2D eigenvalue weighted by Crippen LogP contribution is 2.38. The monoisotopic (exact) mass is 310 g/mol. The highest BCUT2D eigenvalue weighted by atomic mass is 16.6. The van der Waals surface area contributed by atoms with Gasteiger partial charge in [0, 0.05) is 24.7 Å². The quantitative estimate of drug-likeness (QED) is 0.838. The fraction of sp³-hybridized carbons (Fsp3) is 0.941. The van der Waals surface area contributed by atoms with Crippen LogP contribution >= 0.6 is 0 Å². The van der Waals surface area contributed by atoms with Crippen molar-refractivity contribution < 1.29 is 14.3 Å². The Hall–Kier alpha value is -0.810. The summed E-state index contributed by atoms with van der Waals surface area (Å²) < 4.78 is 11.2. The number of nitrogens with one attached hydrogen (secondary N) is 2. The fourth-order valence-corrected chi connectivity index (χ4v) is 3.46. The molecule has 2 atom stereocenters. The Morgan fingerprint density at radius 3 is 2.41 bits per heavy atom. The molecule has 1 saturated heterocycles. The molecule has 126 valence electrons. The SMILES string of the molecule is CC(C)(C)OC(=O)NC1CC(NC2CCOC(C3CC3)C2)C1. The lowest BCUT2D eigenvalue weighted by Crippen LogP contribution is -2.56. The molecule has 1 heterocycles. The first-order valence-electron chi connectivity index (χ1n) is 8.76. The van der Waals surface area contributed by atoms with Gasteiger partial charge in [0.1, 0.15) is 5.60 Å². The first-order valence-corrected chi connectivity index (χ1v) is 8.76. The third kappa shape index (κ3) is 4.59. The summed E-state index contributed by atoms with van der Waals surface area (Å²) in [4.78, 5) is 11.7. The van der Waals surface area contributed by atoms with Crippen molar-refractivity contribution in [1.29, 1.82) is 0 Å². The van der Waals surface area contributed by atoms with Crippen molar-refractivity contribution in [2.45, 2.75) is 89.1 Å². The zero-order valence-corrected chi connectivity index (χ0v) is 14.1. The molecule has 3 aliphatic rings. The summed E-state index contributed by atoms with van der Waals surface area (Å²) >= 11 is 0. The number of carbonyl (C=O) groups excluding carboxylic acids is 1. The number of carbonyl (C=O) groups is 1. The van der Waals surface area contributed by atoms with Crippen molar-refractivity contribution in [2.75, 3.05) is 6.61 Å². The van der Waals surface area contributed by atoms with Crippen LogP contribution in [0.1, 0.15) is 59.3 Å². The molecule has 2 N–H and O–H groups in total. The van der Waals surface area contributed by atoms with Gasteiger partial charge >= 0.3 is 6.09 Å². The second-order valence-electron chi connectivity index (χ2n) is 8.15. The standard InChI is InChI=1S/C17H30N2O3/c1-17(2,3)22-16(20)19-14-8-13(9-14)18-12-6-7-21-15(10-12)11-4-5-11/h11-15,18H,4-10H2,1-3H3,(H,19,20). The summed E-state index contributed by atoms with van der Waals surface area (Å²) in [5.41, 5.74) is -0.425. The van der Waals surface area contributed by atoms with Crippen LogP contribution < -0.4 is 10.6 Å². The topological polar surface area (TPSA) is 59.6 Å². The van der Waals surface area contributed by atoms with Gasteiger partial charge in [-0.2, -0.15) is 0 Å². The molecule has 5 nitrogen and oxygen atoms in total. The third-order valence-corrected chi connectivity index (χ3v) is 4.79. The molecule has 0 aromatic rings. The van der Waals surface area contributed by atoms with Gasteiger partial charge in [0.25, 0.3) is 0 Å². The number of ether oxygens (including phenoxy) is 2. The maximum Gasteiger partial charge on any atom is 0.407 e. The maximum atomic E-state index is 11.7. The van der Waals surface area contributed by atoms with E-state index in [2.05, 4.69) is 10.6 Å². The lowest BCUT2D eigenvalue weighted by molar-refractivity contribution is -0.0154. The van der Waals surface area contributed by atoms with Gasteiger partial charge in [-0.1, -0.05) is 0 Å². The van der Waals surface area contributed by atoms with Gasteiger partial charge in [0.2, 0.25) is 0 Å². The van der Waals surface area contributed by atoms with Crippen molar-refractivity contribution in [3.8, 4) is 0 Å². The fourth-order valence-electron chi connectivity index (χ4n) is 3.46. The van der Waals surface area contributed by atoms with Crippen LogP contribution in [0.15, 0.2) is 0 Å². The second-order valence-corrected chi connectivity index (χ2v) is 8.15. The zero-order chi connectivity index (χ0) is 15.7. The molecule has 0 aromatic carbocycles. The molecule has 3 rings (SSSR count). The van der Waals surface area contributed by atoms with Gasteiger partial charge < -0.3 is 20.1 Å². The third-order valence-electron chi connectivity index (χ3n) is 4.79. The van der Waals surface area contributed by atoms with Crippen LogP contribution in [0.2, 0.25) is 0 Å². The van der Waals surface area contributed by atoms with E-state index >= 15 is 0 Å². The van der Waals surface area contributed by atoms with Crippen molar-refractivity contribution in [3.05, 3.63) is 0 Å². The van der Waals surface area contributed by atoms with E-state index in [1.807, 2.05) is 20.8 Å². The van der Waals surface area contributed by atoms with Gasteiger partial charge in [-0.25, -0.2) is 4.79 Å². The van der Waals surface area contributed by atoms with Crippen LogP contribution in [0.4, 0.5) is 4.79 Å². The summed E-state index contributed by atoms with van der Waals surface area (Å²) in [7, 11) is 0. The van der Waals surface area contributed by atoms with Crippen LogP contribution in [-0.2, 0) is 9.47 Å². The molecule has 0 aromatic heterocycles. The summed E-state index contributed by atoms with van der Waals surface area (Å²) in [6.45, 7) is 6.56. The first kappa shape index (κ1) is 16.1. The van der Waals surface area contributed by atoms with E-state index in [4.69, 9.17) is 9.47 Å². The molecule has 2 aliphatic carbocycles. The predicted molar refractivity (Wildman–Crippen MR) is 84.8 cm³/mol. The van der Waals surface area contributed by atoms with E-state index in [0.29, 0.717) is 18.2 Å². The molecule has 1 aliphatic heterocycles. The Kier molecular flexibility index (Phi) is 4.64. The number of amides is 1. The summed E-state index contributed by atoms with van der Waals surface area (Å²) in [6, 6.07) is 1.38. The molecule has 1 amide bonds. The molecule has 2 saturated carbocycles. The van der Waals surface area contributed by atoms with Gasteiger partial charge in [-0.3, -0.25) is 0 Å². The molecule has 0 spiro atoms. The van der Waals surface area contributed by atoms with Crippen molar-refractivity contribution >= 4 is 6.09 Å². The maximum absolute atomic E-state index is 11.7. The van der Waals surface area contributed by atoms with E-state index in [9.17, 15) is 4.79 Å². The highest BCUT2D eigenvalue weighted by Gasteiger charge is 2.38. The van der Waals surface area contributed by atoms with Gasteiger partial charge in [-0.15, -0.1) is 0 Å². The first-order chi connectivity index (χ1) is 10.4. The normalized spacial score (nSPS) is 35.6. The smallest absolute Gasteiger partial charge is 0.407 e. The van der Waals surface area contributed by atoms with Gasteiger partial charge in [-0.05, 0) is 65.2 Å². The number of hydrogen-bond acceptors (Lipinski definition) is 4. The largest absolute Gasteiger partial charge is 0.444 e. The molecule has 5 heteroatoms. The van der Waals surface area contributed by atoms with E-state index in [-0.39, 0.29) is 12.1 Å². The van der Waals surface area contributed by atoms with Crippen LogP contribution in [0.5, 0.6) is 0 Å². The van der Waals surface area contributed by atoms with E-state index < -0.39 is 5.60 Å². The minimum absolute atomic E-state index is 0.256. The minimum atomic E-state index is -0.425. The van der Waals surface area contributed by atoms with Crippen molar-refractivity contribution in [1.82, 2.24) is 10.6 Å². The molecule has 22 heavy (non-hydrogen) atoms. The molecule has 0 bridgehead atoms. The number of rotatable bonds is 4. The van der Waals surface area contributed by atoms with Crippen molar-refractivity contribution in [3.63, 3.8) is 0 Å². The molecule has 2 unspecified atom stereocenters. The Morgan fingerprint density at radius 2 is 1.77 bits per heavy atom. The second kappa shape index (κ2) is 6.36. The van der Waals surface area contributed by atoms with E-state index in [1.54, 1.807) is 0 Å². The minimum Gasteiger partial charge on any atom is -0.444 e. The number of hydrogen-bond donors (Lipinski definition) is 2.